The van der Waals surface area contributed by atoms with Crippen molar-refractivity contribution in [1.82, 2.24) is 5.32 Å². The number of hydrogen-bond donors (Lipinski definition) is 4. The summed E-state index contributed by atoms with van der Waals surface area (Å²) in [6.45, 7) is 0.0752. The van der Waals surface area contributed by atoms with Crippen LogP contribution in [-0.4, -0.2) is 17.1 Å². The van der Waals surface area contributed by atoms with Gasteiger partial charge in [-0.05, 0) is 24.3 Å². The van der Waals surface area contributed by atoms with E-state index in [1.165, 1.54) is 12.1 Å². The zero-order valence-corrected chi connectivity index (χ0v) is 10.4. The number of para-hydroxylation sites is 2. The van der Waals surface area contributed by atoms with E-state index in [0.29, 0.717) is 17.1 Å². The number of carboxylic acids is 1. The van der Waals surface area contributed by atoms with Gasteiger partial charge in [-0.25, -0.2) is 9.59 Å². The molecule has 5 N–H and O–H groups in total. The summed E-state index contributed by atoms with van der Waals surface area (Å²) >= 11 is 0. The highest BCUT2D eigenvalue weighted by Gasteiger charge is 2.10. The molecule has 1 aromatic carbocycles. The first-order valence-electron chi connectivity index (χ1n) is 5.77. The summed E-state index contributed by atoms with van der Waals surface area (Å²) in [7, 11) is 0. The van der Waals surface area contributed by atoms with Crippen LogP contribution in [0.2, 0.25) is 0 Å². The lowest BCUT2D eigenvalue weighted by atomic mass is 10.3. The van der Waals surface area contributed by atoms with Gasteiger partial charge in [0.2, 0.25) is 5.76 Å². The number of hydrogen-bond acceptors (Lipinski definition) is 4. The van der Waals surface area contributed by atoms with Crippen molar-refractivity contribution in [2.24, 2.45) is 0 Å². The Morgan fingerprint density at radius 1 is 1.20 bits per heavy atom. The maximum Gasteiger partial charge on any atom is 0.371 e. The van der Waals surface area contributed by atoms with E-state index in [0.717, 1.165) is 0 Å². The summed E-state index contributed by atoms with van der Waals surface area (Å²) in [5, 5.41) is 13.8. The SMILES string of the molecule is Nc1ccccc1NC(=O)NCc1ccc(C(=O)O)o1. The van der Waals surface area contributed by atoms with E-state index in [2.05, 4.69) is 10.6 Å². The van der Waals surface area contributed by atoms with Crippen LogP contribution in [0.1, 0.15) is 16.3 Å². The molecule has 0 unspecified atom stereocenters. The normalized spacial score (nSPS) is 10.0. The summed E-state index contributed by atoms with van der Waals surface area (Å²) < 4.78 is 5.00. The molecule has 0 atom stereocenters. The number of rotatable bonds is 4. The molecule has 7 heteroatoms. The number of nitrogens with two attached hydrogens (primary N) is 1. The minimum absolute atomic E-state index is 0.0752. The lowest BCUT2D eigenvalue weighted by Crippen LogP contribution is -2.28. The molecule has 2 aromatic rings. The lowest BCUT2D eigenvalue weighted by Gasteiger charge is -2.08. The molecule has 7 nitrogen and oxygen atoms in total. The molecule has 104 valence electrons. The van der Waals surface area contributed by atoms with Crippen molar-refractivity contribution in [3.05, 3.63) is 47.9 Å². The fraction of sp³-hybridized carbons (Fsp3) is 0.0769. The van der Waals surface area contributed by atoms with Crippen LogP contribution in [0.3, 0.4) is 0 Å². The highest BCUT2D eigenvalue weighted by Crippen LogP contribution is 2.16. The fourth-order valence-corrected chi connectivity index (χ4v) is 1.53. The number of carbonyl (C=O) groups is 2. The van der Waals surface area contributed by atoms with Gasteiger partial charge in [-0.15, -0.1) is 0 Å². The van der Waals surface area contributed by atoms with Crippen molar-refractivity contribution in [1.29, 1.82) is 0 Å². The molecule has 0 fully saturated rings. The molecule has 0 aliphatic heterocycles. The van der Waals surface area contributed by atoms with Crippen molar-refractivity contribution in [2.75, 3.05) is 11.1 Å². The second-order valence-corrected chi connectivity index (χ2v) is 3.97. The van der Waals surface area contributed by atoms with Crippen LogP contribution in [0.5, 0.6) is 0 Å². The monoisotopic (exact) mass is 275 g/mol. The van der Waals surface area contributed by atoms with Gasteiger partial charge in [0.05, 0.1) is 17.9 Å². The van der Waals surface area contributed by atoms with Gasteiger partial charge < -0.3 is 25.9 Å². The van der Waals surface area contributed by atoms with E-state index in [1.54, 1.807) is 24.3 Å². The molecule has 2 rings (SSSR count). The summed E-state index contributed by atoms with van der Waals surface area (Å²) in [5.41, 5.74) is 6.64. The molecule has 0 saturated heterocycles. The molecule has 20 heavy (non-hydrogen) atoms. The molecule has 0 bridgehead atoms. The van der Waals surface area contributed by atoms with Gasteiger partial charge in [0, 0.05) is 0 Å². The zero-order valence-electron chi connectivity index (χ0n) is 10.4. The molecule has 2 amide bonds. The molecule has 1 aromatic heterocycles. The van der Waals surface area contributed by atoms with Crippen LogP contribution < -0.4 is 16.4 Å². The summed E-state index contributed by atoms with van der Waals surface area (Å²) in [5.74, 6) is -0.981. The molecule has 1 heterocycles. The molecular formula is C13H13N3O4. The number of furan rings is 1. The van der Waals surface area contributed by atoms with E-state index in [1.807, 2.05) is 0 Å². The topological polar surface area (TPSA) is 118 Å². The van der Waals surface area contributed by atoms with E-state index in [-0.39, 0.29) is 12.3 Å². The molecule has 0 aliphatic rings. The van der Waals surface area contributed by atoms with Gasteiger partial charge in [0.15, 0.2) is 0 Å². The molecule has 0 saturated carbocycles. The Morgan fingerprint density at radius 3 is 2.60 bits per heavy atom. The van der Waals surface area contributed by atoms with Crippen LogP contribution in [-0.2, 0) is 6.54 Å². The predicted molar refractivity (Wildman–Crippen MR) is 72.4 cm³/mol. The van der Waals surface area contributed by atoms with E-state index >= 15 is 0 Å². The van der Waals surface area contributed by atoms with E-state index in [9.17, 15) is 9.59 Å². The third-order valence-electron chi connectivity index (χ3n) is 2.50. The average Bonchev–Trinajstić information content (AvgIpc) is 2.88. The lowest BCUT2D eigenvalue weighted by molar-refractivity contribution is 0.0660. The third-order valence-corrected chi connectivity index (χ3v) is 2.50. The minimum atomic E-state index is -1.15. The Hall–Kier alpha value is -2.96. The fourth-order valence-electron chi connectivity index (χ4n) is 1.53. The van der Waals surface area contributed by atoms with Crippen LogP contribution in [0, 0.1) is 0 Å². The van der Waals surface area contributed by atoms with Crippen molar-refractivity contribution in [2.45, 2.75) is 6.54 Å². The quantitative estimate of drug-likeness (QED) is 0.635. The number of urea groups is 1. The van der Waals surface area contributed by atoms with Gasteiger partial charge in [0.25, 0.3) is 0 Å². The second-order valence-electron chi connectivity index (χ2n) is 3.97. The highest BCUT2D eigenvalue weighted by molar-refractivity contribution is 5.92. The number of nitrogen functional groups attached to an aromatic ring is 1. The number of anilines is 2. The molecular weight excluding hydrogens is 262 g/mol. The molecule has 0 aliphatic carbocycles. The third kappa shape index (κ3) is 3.29. The van der Waals surface area contributed by atoms with Crippen molar-refractivity contribution in [3.63, 3.8) is 0 Å². The van der Waals surface area contributed by atoms with Gasteiger partial charge in [0.1, 0.15) is 5.76 Å². The highest BCUT2D eigenvalue weighted by atomic mass is 16.4. The van der Waals surface area contributed by atoms with E-state index in [4.69, 9.17) is 15.3 Å². The first kappa shape index (κ1) is 13.5. The van der Waals surface area contributed by atoms with Crippen molar-refractivity contribution < 1.29 is 19.1 Å². The van der Waals surface area contributed by atoms with Crippen LogP contribution in [0.15, 0.2) is 40.8 Å². The number of carbonyl (C=O) groups excluding carboxylic acids is 1. The standard InChI is InChI=1S/C13H13N3O4/c14-9-3-1-2-4-10(9)16-13(19)15-7-8-5-6-11(20-8)12(17)18/h1-6H,7,14H2,(H,17,18)(H2,15,16,19). The van der Waals surface area contributed by atoms with Crippen molar-refractivity contribution >= 4 is 23.4 Å². The largest absolute Gasteiger partial charge is 0.475 e. The Kier molecular flexibility index (Phi) is 3.90. The van der Waals surface area contributed by atoms with Gasteiger partial charge in [-0.3, -0.25) is 0 Å². The number of carboxylic acid groups (broad SMARTS) is 1. The smallest absolute Gasteiger partial charge is 0.371 e. The maximum atomic E-state index is 11.6. The van der Waals surface area contributed by atoms with Gasteiger partial charge >= 0.3 is 12.0 Å². The van der Waals surface area contributed by atoms with Crippen LogP contribution in [0.4, 0.5) is 16.2 Å². The summed E-state index contributed by atoms with van der Waals surface area (Å²) in [6, 6.07) is 9.20. The Balaban J connectivity index is 1.89. The first-order chi connectivity index (χ1) is 9.56. The zero-order chi connectivity index (χ0) is 14.5. The second kappa shape index (κ2) is 5.79. The molecule has 0 radical (unpaired) electrons. The molecule has 0 spiro atoms. The van der Waals surface area contributed by atoms with Crippen molar-refractivity contribution in [3.8, 4) is 0 Å². The Bertz CT molecular complexity index is 636. The number of nitrogens with one attached hydrogen (secondary N) is 2. The van der Waals surface area contributed by atoms with Crippen LogP contribution in [0.25, 0.3) is 0 Å². The average molecular weight is 275 g/mol. The number of aromatic carboxylic acids is 1. The Labute approximate surface area is 114 Å². The first-order valence-corrected chi connectivity index (χ1v) is 5.77. The number of amides is 2. The van der Waals surface area contributed by atoms with Crippen LogP contribution >= 0.6 is 0 Å². The summed E-state index contributed by atoms with van der Waals surface area (Å²) in [4.78, 5) is 22.3. The number of benzene rings is 1. The maximum absolute atomic E-state index is 11.6. The summed E-state index contributed by atoms with van der Waals surface area (Å²) in [6.07, 6.45) is 0. The minimum Gasteiger partial charge on any atom is -0.475 e. The predicted octanol–water partition coefficient (Wildman–Crippen LogP) is 1.88. The van der Waals surface area contributed by atoms with E-state index < -0.39 is 12.0 Å². The van der Waals surface area contributed by atoms with Gasteiger partial charge in [-0.2, -0.15) is 0 Å². The Morgan fingerprint density at radius 2 is 1.95 bits per heavy atom. The van der Waals surface area contributed by atoms with Gasteiger partial charge in [-0.1, -0.05) is 12.1 Å².